The van der Waals surface area contributed by atoms with Gasteiger partial charge in [-0.05, 0) is 36.1 Å². The molecule has 0 saturated heterocycles. The van der Waals surface area contributed by atoms with Gasteiger partial charge in [-0.1, -0.05) is 45.0 Å². The van der Waals surface area contributed by atoms with E-state index >= 15 is 0 Å². The third-order valence-corrected chi connectivity index (χ3v) is 4.08. The van der Waals surface area contributed by atoms with Gasteiger partial charge in [0.1, 0.15) is 23.2 Å². The van der Waals surface area contributed by atoms with Crippen LogP contribution in [0.2, 0.25) is 0 Å². The monoisotopic (exact) mass is 360 g/mol. The Kier molecular flexibility index (Phi) is 6.44. The van der Waals surface area contributed by atoms with Gasteiger partial charge in [0.25, 0.3) is 5.91 Å². The molecule has 0 fully saturated rings. The SMILES string of the molecule is CCc1ccccc1NC(=O)[C@@H](NC(=O)c1c(F)cccc1F)C(C)C. The molecule has 0 saturated carbocycles. The standard InChI is InChI=1S/C20H22F2N2O2/c1-4-13-8-5-6-11-16(13)23-20(26)18(12(2)3)24-19(25)17-14(21)9-7-10-15(17)22/h5-12,18H,4H2,1-3H3,(H,23,26)(H,24,25)/t18-/m0/s1. The van der Waals surface area contributed by atoms with E-state index in [0.717, 1.165) is 24.1 Å². The number of nitrogens with one attached hydrogen (secondary N) is 2. The number of halogens is 2. The molecule has 2 aromatic rings. The van der Waals surface area contributed by atoms with Gasteiger partial charge in [-0.15, -0.1) is 0 Å². The Bertz CT molecular complexity index is 786. The van der Waals surface area contributed by atoms with E-state index in [-0.39, 0.29) is 5.92 Å². The molecule has 2 N–H and O–H groups in total. The van der Waals surface area contributed by atoms with E-state index in [9.17, 15) is 18.4 Å². The van der Waals surface area contributed by atoms with Gasteiger partial charge in [-0.2, -0.15) is 0 Å². The van der Waals surface area contributed by atoms with E-state index in [0.29, 0.717) is 5.69 Å². The van der Waals surface area contributed by atoms with Gasteiger partial charge < -0.3 is 10.6 Å². The summed E-state index contributed by atoms with van der Waals surface area (Å²) in [6.07, 6.45) is 0.732. The maximum Gasteiger partial charge on any atom is 0.257 e. The van der Waals surface area contributed by atoms with Crippen molar-refractivity contribution >= 4 is 17.5 Å². The van der Waals surface area contributed by atoms with Crippen LogP contribution in [-0.4, -0.2) is 17.9 Å². The molecule has 0 radical (unpaired) electrons. The number of hydrogen-bond acceptors (Lipinski definition) is 2. The highest BCUT2D eigenvalue weighted by Crippen LogP contribution is 2.18. The van der Waals surface area contributed by atoms with E-state index in [1.54, 1.807) is 26.0 Å². The van der Waals surface area contributed by atoms with Crippen LogP contribution in [0.25, 0.3) is 0 Å². The first-order valence-corrected chi connectivity index (χ1v) is 8.48. The second kappa shape index (κ2) is 8.56. The lowest BCUT2D eigenvalue weighted by molar-refractivity contribution is -0.118. The van der Waals surface area contributed by atoms with Crippen molar-refractivity contribution in [1.29, 1.82) is 0 Å². The van der Waals surface area contributed by atoms with Gasteiger partial charge in [0, 0.05) is 5.69 Å². The van der Waals surface area contributed by atoms with Crippen molar-refractivity contribution in [2.75, 3.05) is 5.32 Å². The number of carbonyl (C=O) groups excluding carboxylic acids is 2. The van der Waals surface area contributed by atoms with Crippen LogP contribution in [0.1, 0.15) is 36.7 Å². The zero-order valence-corrected chi connectivity index (χ0v) is 15.0. The van der Waals surface area contributed by atoms with E-state index in [4.69, 9.17) is 0 Å². The first-order valence-electron chi connectivity index (χ1n) is 8.48. The molecule has 138 valence electrons. The second-order valence-corrected chi connectivity index (χ2v) is 6.29. The lowest BCUT2D eigenvalue weighted by Gasteiger charge is -2.22. The first-order chi connectivity index (χ1) is 12.3. The molecule has 1 atom stereocenters. The minimum absolute atomic E-state index is 0.275. The topological polar surface area (TPSA) is 58.2 Å². The fourth-order valence-electron chi connectivity index (χ4n) is 2.62. The summed E-state index contributed by atoms with van der Waals surface area (Å²) < 4.78 is 27.6. The second-order valence-electron chi connectivity index (χ2n) is 6.29. The van der Waals surface area contributed by atoms with Crippen molar-refractivity contribution in [3.8, 4) is 0 Å². The highest BCUT2D eigenvalue weighted by molar-refractivity contribution is 6.01. The molecule has 0 aliphatic heterocycles. The van der Waals surface area contributed by atoms with Crippen LogP contribution in [0.5, 0.6) is 0 Å². The van der Waals surface area contributed by atoms with Gasteiger partial charge in [-0.25, -0.2) is 8.78 Å². The average molecular weight is 360 g/mol. The predicted molar refractivity (Wildman–Crippen MR) is 96.9 cm³/mol. The molecular formula is C20H22F2N2O2. The van der Waals surface area contributed by atoms with E-state index in [1.165, 1.54) is 6.07 Å². The van der Waals surface area contributed by atoms with Gasteiger partial charge in [0.15, 0.2) is 0 Å². The first kappa shape index (κ1) is 19.6. The van der Waals surface area contributed by atoms with Crippen molar-refractivity contribution in [2.45, 2.75) is 33.2 Å². The maximum absolute atomic E-state index is 13.8. The summed E-state index contributed by atoms with van der Waals surface area (Å²) in [5.74, 6) is -3.62. The molecule has 0 unspecified atom stereocenters. The smallest absolute Gasteiger partial charge is 0.257 e. The molecule has 2 aromatic carbocycles. The average Bonchev–Trinajstić information content (AvgIpc) is 2.59. The van der Waals surface area contributed by atoms with Crippen LogP contribution >= 0.6 is 0 Å². The van der Waals surface area contributed by atoms with Crippen LogP contribution < -0.4 is 10.6 Å². The molecular weight excluding hydrogens is 338 g/mol. The van der Waals surface area contributed by atoms with E-state index in [1.807, 2.05) is 19.1 Å². The summed E-state index contributed by atoms with van der Waals surface area (Å²) in [4.78, 5) is 25.0. The number of aryl methyl sites for hydroxylation is 1. The van der Waals surface area contributed by atoms with Gasteiger partial charge >= 0.3 is 0 Å². The van der Waals surface area contributed by atoms with Crippen LogP contribution in [-0.2, 0) is 11.2 Å². The molecule has 0 aliphatic carbocycles. The lowest BCUT2D eigenvalue weighted by atomic mass is 10.0. The number of hydrogen-bond donors (Lipinski definition) is 2. The third-order valence-electron chi connectivity index (χ3n) is 4.08. The highest BCUT2D eigenvalue weighted by atomic mass is 19.1. The van der Waals surface area contributed by atoms with Gasteiger partial charge in [-0.3, -0.25) is 9.59 Å². The Hall–Kier alpha value is -2.76. The molecule has 2 rings (SSSR count). The Balaban J connectivity index is 2.20. The quantitative estimate of drug-likeness (QED) is 0.820. The zero-order valence-electron chi connectivity index (χ0n) is 15.0. The fraction of sp³-hybridized carbons (Fsp3) is 0.300. The zero-order chi connectivity index (χ0) is 19.3. The Morgan fingerprint density at radius 3 is 2.19 bits per heavy atom. The van der Waals surface area contributed by atoms with Crippen LogP contribution in [0, 0.1) is 17.6 Å². The van der Waals surface area contributed by atoms with E-state index in [2.05, 4.69) is 10.6 Å². The molecule has 26 heavy (non-hydrogen) atoms. The molecule has 0 spiro atoms. The molecule has 4 nitrogen and oxygen atoms in total. The molecule has 0 bridgehead atoms. The number of amides is 2. The number of rotatable bonds is 6. The molecule has 2 amide bonds. The summed E-state index contributed by atoms with van der Waals surface area (Å²) >= 11 is 0. The van der Waals surface area contributed by atoms with Crippen LogP contribution in [0.4, 0.5) is 14.5 Å². The predicted octanol–water partition coefficient (Wildman–Crippen LogP) is 3.92. The summed E-state index contributed by atoms with van der Waals surface area (Å²) in [5, 5.41) is 5.23. The summed E-state index contributed by atoms with van der Waals surface area (Å²) in [6, 6.07) is 9.57. The lowest BCUT2D eigenvalue weighted by Crippen LogP contribution is -2.47. The summed E-state index contributed by atoms with van der Waals surface area (Å²) in [5.41, 5.74) is 0.909. The maximum atomic E-state index is 13.8. The van der Waals surface area contributed by atoms with Gasteiger partial charge in [0.05, 0.1) is 0 Å². The normalized spacial score (nSPS) is 11.9. The Labute approximate surface area is 151 Å². The largest absolute Gasteiger partial charge is 0.340 e. The minimum Gasteiger partial charge on any atom is -0.340 e. The molecule has 0 aromatic heterocycles. The summed E-state index contributed by atoms with van der Waals surface area (Å²) in [6.45, 7) is 5.45. The van der Waals surface area contributed by atoms with Crippen LogP contribution in [0.15, 0.2) is 42.5 Å². The number of anilines is 1. The fourth-order valence-corrected chi connectivity index (χ4v) is 2.62. The third kappa shape index (κ3) is 4.45. The highest BCUT2D eigenvalue weighted by Gasteiger charge is 2.27. The van der Waals surface area contributed by atoms with Crippen molar-refractivity contribution in [3.63, 3.8) is 0 Å². The molecule has 0 aliphatic rings. The van der Waals surface area contributed by atoms with Crippen molar-refractivity contribution in [2.24, 2.45) is 5.92 Å². The van der Waals surface area contributed by atoms with Crippen LogP contribution in [0.3, 0.4) is 0 Å². The van der Waals surface area contributed by atoms with E-state index < -0.39 is 35.1 Å². The minimum atomic E-state index is -0.971. The molecule has 6 heteroatoms. The number of carbonyl (C=O) groups is 2. The van der Waals surface area contributed by atoms with Gasteiger partial charge in [0.2, 0.25) is 5.91 Å². The molecule has 0 heterocycles. The van der Waals surface area contributed by atoms with Crippen molar-refractivity contribution in [3.05, 3.63) is 65.2 Å². The summed E-state index contributed by atoms with van der Waals surface area (Å²) in [7, 11) is 0. The number of para-hydroxylation sites is 1. The Morgan fingerprint density at radius 1 is 1.00 bits per heavy atom. The Morgan fingerprint density at radius 2 is 1.62 bits per heavy atom. The van der Waals surface area contributed by atoms with Crippen molar-refractivity contribution in [1.82, 2.24) is 5.32 Å². The number of benzene rings is 2. The van der Waals surface area contributed by atoms with Crippen molar-refractivity contribution < 1.29 is 18.4 Å².